The molecule has 1 fully saturated rings. The van der Waals surface area contributed by atoms with Crippen molar-refractivity contribution in [3.8, 4) is 0 Å². The summed E-state index contributed by atoms with van der Waals surface area (Å²) in [6.45, 7) is 8.39. The quantitative estimate of drug-likeness (QED) is 0.723. The topological polar surface area (TPSA) is 32.3 Å². The van der Waals surface area contributed by atoms with Crippen LogP contribution in [0.1, 0.15) is 39.5 Å². The average Bonchev–Trinajstić information content (AvgIpc) is 2.25. The molecule has 0 aliphatic carbocycles. The second-order valence-electron chi connectivity index (χ2n) is 4.42. The third kappa shape index (κ3) is 4.76. The van der Waals surface area contributed by atoms with Gasteiger partial charge < -0.3 is 15.0 Å². The highest BCUT2D eigenvalue weighted by molar-refractivity contribution is 5.75. The fourth-order valence-electron chi connectivity index (χ4n) is 2.30. The van der Waals surface area contributed by atoms with E-state index in [1.54, 1.807) is 6.92 Å². The van der Waals surface area contributed by atoms with Gasteiger partial charge in [-0.1, -0.05) is 6.92 Å². The van der Waals surface area contributed by atoms with E-state index in [0.717, 1.165) is 45.1 Å². The van der Waals surface area contributed by atoms with Gasteiger partial charge in [-0.15, -0.1) is 0 Å². The number of hydrogen-bond donors (Lipinski definition) is 1. The number of rotatable bonds is 6. The number of ketones is 1. The van der Waals surface area contributed by atoms with Gasteiger partial charge in [-0.05, 0) is 52.4 Å². The summed E-state index contributed by atoms with van der Waals surface area (Å²) in [7, 11) is 0. The summed E-state index contributed by atoms with van der Waals surface area (Å²) < 4.78 is 0. The smallest absolute Gasteiger partial charge is 0.129 e. The Kier molecular flexibility index (Phi) is 5.88. The number of carbonyl (C=O) groups is 1. The Morgan fingerprint density at radius 2 is 2.07 bits per heavy atom. The fourth-order valence-corrected chi connectivity index (χ4v) is 2.30. The minimum atomic E-state index is 0.316. The lowest BCUT2D eigenvalue weighted by Gasteiger charge is -2.33. The second kappa shape index (κ2) is 6.96. The minimum Gasteiger partial charge on any atom is -0.317 e. The molecule has 0 atom stereocenters. The maximum atomic E-state index is 10.9. The Bertz CT molecular complexity index is 188. The van der Waals surface area contributed by atoms with Crippen LogP contribution in [-0.4, -0.2) is 42.9 Å². The molecule has 1 rings (SSSR count). The van der Waals surface area contributed by atoms with Gasteiger partial charge in [-0.3, -0.25) is 0 Å². The summed E-state index contributed by atoms with van der Waals surface area (Å²) in [4.78, 5) is 13.4. The molecule has 0 aromatic heterocycles. The normalized spacial score (nSPS) is 18.3. The maximum Gasteiger partial charge on any atom is 0.129 e. The largest absolute Gasteiger partial charge is 0.317 e. The first-order valence-corrected chi connectivity index (χ1v) is 6.18. The third-order valence-electron chi connectivity index (χ3n) is 3.21. The van der Waals surface area contributed by atoms with Gasteiger partial charge in [-0.25, -0.2) is 0 Å². The Hall–Kier alpha value is -0.410. The molecule has 0 amide bonds. The van der Waals surface area contributed by atoms with Crippen LogP contribution in [0.4, 0.5) is 0 Å². The molecule has 1 N–H and O–H groups in total. The molecule has 1 heterocycles. The van der Waals surface area contributed by atoms with Gasteiger partial charge in [0.15, 0.2) is 0 Å². The Morgan fingerprint density at radius 1 is 1.40 bits per heavy atom. The van der Waals surface area contributed by atoms with Gasteiger partial charge >= 0.3 is 0 Å². The van der Waals surface area contributed by atoms with E-state index >= 15 is 0 Å². The highest BCUT2D eigenvalue weighted by Crippen LogP contribution is 2.12. The van der Waals surface area contributed by atoms with E-state index in [2.05, 4.69) is 17.1 Å². The molecule has 0 bridgehead atoms. The summed E-state index contributed by atoms with van der Waals surface area (Å²) in [6, 6.07) is 0.739. The van der Waals surface area contributed by atoms with Crippen LogP contribution in [0.25, 0.3) is 0 Å². The summed E-state index contributed by atoms with van der Waals surface area (Å²) in [5.41, 5.74) is 0. The van der Waals surface area contributed by atoms with Crippen molar-refractivity contribution in [1.82, 2.24) is 10.2 Å². The van der Waals surface area contributed by atoms with Gasteiger partial charge in [0.25, 0.3) is 0 Å². The van der Waals surface area contributed by atoms with Crippen LogP contribution < -0.4 is 5.32 Å². The molecule has 1 aliphatic rings. The van der Waals surface area contributed by atoms with E-state index < -0.39 is 0 Å². The van der Waals surface area contributed by atoms with Crippen LogP contribution in [0.2, 0.25) is 0 Å². The molecule has 0 saturated carbocycles. The monoisotopic (exact) mass is 212 g/mol. The highest BCUT2D eigenvalue weighted by Gasteiger charge is 2.18. The van der Waals surface area contributed by atoms with Crippen LogP contribution in [0.3, 0.4) is 0 Å². The van der Waals surface area contributed by atoms with Crippen LogP contribution in [0.15, 0.2) is 0 Å². The van der Waals surface area contributed by atoms with Crippen molar-refractivity contribution in [3.63, 3.8) is 0 Å². The first-order valence-electron chi connectivity index (χ1n) is 6.18. The van der Waals surface area contributed by atoms with E-state index in [0.29, 0.717) is 5.78 Å². The van der Waals surface area contributed by atoms with Gasteiger partial charge in [0.1, 0.15) is 5.78 Å². The van der Waals surface area contributed by atoms with Gasteiger partial charge in [0.2, 0.25) is 0 Å². The molecule has 15 heavy (non-hydrogen) atoms. The molecule has 0 aromatic rings. The van der Waals surface area contributed by atoms with E-state index in [9.17, 15) is 4.79 Å². The molecule has 1 saturated heterocycles. The number of carbonyl (C=O) groups excluding carboxylic acids is 1. The molecule has 88 valence electrons. The zero-order valence-electron chi connectivity index (χ0n) is 10.1. The van der Waals surface area contributed by atoms with Crippen LogP contribution in [-0.2, 0) is 4.79 Å². The lowest BCUT2D eigenvalue weighted by Crippen LogP contribution is -2.43. The maximum absolute atomic E-state index is 10.9. The Balaban J connectivity index is 2.24. The lowest BCUT2D eigenvalue weighted by molar-refractivity contribution is -0.117. The lowest BCUT2D eigenvalue weighted by atomic mass is 10.0. The molecular formula is C12H24N2O. The van der Waals surface area contributed by atoms with E-state index in [-0.39, 0.29) is 0 Å². The number of piperidine rings is 1. The zero-order chi connectivity index (χ0) is 11.1. The van der Waals surface area contributed by atoms with Crippen LogP contribution >= 0.6 is 0 Å². The standard InChI is InChI=1S/C12H24N2O/c1-3-14(10-4-5-11(2)15)12-6-8-13-9-7-12/h12-13H,3-10H2,1-2H3. The average molecular weight is 212 g/mol. The molecule has 0 radical (unpaired) electrons. The van der Waals surface area contributed by atoms with E-state index in [4.69, 9.17) is 0 Å². The first kappa shape index (κ1) is 12.7. The summed E-state index contributed by atoms with van der Waals surface area (Å²) in [6.07, 6.45) is 4.27. The number of nitrogens with one attached hydrogen (secondary N) is 1. The zero-order valence-corrected chi connectivity index (χ0v) is 10.1. The molecule has 0 aromatic carbocycles. The van der Waals surface area contributed by atoms with Gasteiger partial charge in [0, 0.05) is 12.5 Å². The first-order chi connectivity index (χ1) is 7.24. The summed E-state index contributed by atoms with van der Waals surface area (Å²) in [5, 5.41) is 3.39. The van der Waals surface area contributed by atoms with Gasteiger partial charge in [-0.2, -0.15) is 0 Å². The predicted molar refractivity (Wildman–Crippen MR) is 63.1 cm³/mol. The summed E-state index contributed by atoms with van der Waals surface area (Å²) in [5.74, 6) is 0.316. The van der Waals surface area contributed by atoms with E-state index in [1.807, 2.05) is 0 Å². The molecular weight excluding hydrogens is 188 g/mol. The highest BCUT2D eigenvalue weighted by atomic mass is 16.1. The molecule has 0 spiro atoms. The molecule has 3 heteroatoms. The van der Waals surface area contributed by atoms with Crippen LogP contribution in [0, 0.1) is 0 Å². The van der Waals surface area contributed by atoms with E-state index in [1.165, 1.54) is 12.8 Å². The number of Topliss-reactive ketones (excluding diaryl/α,β-unsaturated/α-hetero) is 1. The number of hydrogen-bond acceptors (Lipinski definition) is 3. The minimum absolute atomic E-state index is 0.316. The predicted octanol–water partition coefficient (Wildman–Crippen LogP) is 1.43. The van der Waals surface area contributed by atoms with Crippen molar-refractivity contribution < 1.29 is 4.79 Å². The summed E-state index contributed by atoms with van der Waals surface area (Å²) >= 11 is 0. The van der Waals surface area contributed by atoms with Gasteiger partial charge in [0.05, 0.1) is 0 Å². The Labute approximate surface area is 93.2 Å². The van der Waals surface area contributed by atoms with Crippen molar-refractivity contribution in [2.24, 2.45) is 0 Å². The van der Waals surface area contributed by atoms with Crippen molar-refractivity contribution in [3.05, 3.63) is 0 Å². The van der Waals surface area contributed by atoms with Crippen molar-refractivity contribution in [2.45, 2.75) is 45.6 Å². The molecule has 0 unspecified atom stereocenters. The SMILES string of the molecule is CCN(CCCC(C)=O)C1CCNCC1. The van der Waals surface area contributed by atoms with Crippen molar-refractivity contribution in [2.75, 3.05) is 26.2 Å². The molecule has 1 aliphatic heterocycles. The second-order valence-corrected chi connectivity index (χ2v) is 4.42. The fraction of sp³-hybridized carbons (Fsp3) is 0.917. The molecule has 3 nitrogen and oxygen atoms in total. The van der Waals surface area contributed by atoms with Crippen molar-refractivity contribution in [1.29, 1.82) is 0 Å². The van der Waals surface area contributed by atoms with Crippen molar-refractivity contribution >= 4 is 5.78 Å². The Morgan fingerprint density at radius 3 is 2.60 bits per heavy atom. The van der Waals surface area contributed by atoms with Crippen LogP contribution in [0.5, 0.6) is 0 Å². The number of nitrogens with zero attached hydrogens (tertiary/aromatic N) is 1. The third-order valence-corrected chi connectivity index (χ3v) is 3.21.